The average molecular weight is 476 g/mol. The topological polar surface area (TPSA) is 53.9 Å². The van der Waals surface area contributed by atoms with E-state index in [0.29, 0.717) is 17.3 Å². The quantitative estimate of drug-likeness (QED) is 0.289. The van der Waals surface area contributed by atoms with E-state index >= 15 is 0 Å². The molecule has 0 bridgehead atoms. The summed E-state index contributed by atoms with van der Waals surface area (Å²) in [6.07, 6.45) is 9.49. The van der Waals surface area contributed by atoms with Crippen molar-refractivity contribution in [2.24, 2.45) is 0 Å². The van der Waals surface area contributed by atoms with Crippen LogP contribution < -0.4 is 5.32 Å². The molecular formula is C27H27ClFN5. The molecule has 5 nitrogen and oxygen atoms in total. The van der Waals surface area contributed by atoms with E-state index in [0.717, 1.165) is 29.3 Å². The van der Waals surface area contributed by atoms with Gasteiger partial charge in [-0.3, -0.25) is 4.98 Å². The predicted molar refractivity (Wildman–Crippen MR) is 136 cm³/mol. The summed E-state index contributed by atoms with van der Waals surface area (Å²) in [6.45, 7) is 3.67. The van der Waals surface area contributed by atoms with Crippen molar-refractivity contribution in [1.29, 1.82) is 0 Å². The highest BCUT2D eigenvalue weighted by Gasteiger charge is 2.13. The van der Waals surface area contributed by atoms with Gasteiger partial charge in [0.1, 0.15) is 11.6 Å². The van der Waals surface area contributed by atoms with Crippen molar-refractivity contribution in [1.82, 2.24) is 19.9 Å². The molecule has 0 radical (unpaired) electrons. The highest BCUT2D eigenvalue weighted by Crippen LogP contribution is 2.30. The van der Waals surface area contributed by atoms with Gasteiger partial charge in [0, 0.05) is 29.0 Å². The smallest absolute Gasteiger partial charge is 0.163 e. The van der Waals surface area contributed by atoms with Crippen LogP contribution in [0.4, 0.5) is 15.9 Å². The van der Waals surface area contributed by atoms with Crippen molar-refractivity contribution in [3.63, 3.8) is 0 Å². The van der Waals surface area contributed by atoms with Crippen molar-refractivity contribution in [2.45, 2.75) is 32.1 Å². The Hall–Kier alpha value is -3.09. The van der Waals surface area contributed by atoms with Gasteiger partial charge in [-0.15, -0.1) is 0 Å². The maximum absolute atomic E-state index is 13.7. The van der Waals surface area contributed by atoms with Crippen LogP contribution in [-0.2, 0) is 6.42 Å². The summed E-state index contributed by atoms with van der Waals surface area (Å²) in [5.41, 5.74) is 3.59. The number of unbranched alkanes of at least 4 members (excludes halogenated alkanes) is 1. The van der Waals surface area contributed by atoms with Gasteiger partial charge in [-0.2, -0.15) is 0 Å². The number of nitrogens with zero attached hydrogens (tertiary/aromatic N) is 4. The van der Waals surface area contributed by atoms with Crippen LogP contribution in [0.3, 0.4) is 0 Å². The normalized spacial score (nSPS) is 14.1. The third-order valence-corrected chi connectivity index (χ3v) is 6.54. The molecule has 1 aliphatic heterocycles. The summed E-state index contributed by atoms with van der Waals surface area (Å²) in [4.78, 5) is 16.3. The number of hydrogen-bond acceptors (Lipinski definition) is 5. The predicted octanol–water partition coefficient (Wildman–Crippen LogP) is 6.65. The molecule has 1 N–H and O–H groups in total. The zero-order chi connectivity index (χ0) is 23.3. The number of likely N-dealkylation sites (tertiary alicyclic amines) is 1. The minimum atomic E-state index is -0.452. The van der Waals surface area contributed by atoms with Gasteiger partial charge in [-0.25, -0.2) is 14.4 Å². The Morgan fingerprint density at radius 2 is 1.88 bits per heavy atom. The molecule has 0 unspecified atom stereocenters. The molecule has 1 saturated heterocycles. The first-order valence-electron chi connectivity index (χ1n) is 11.8. The molecule has 0 spiro atoms. The highest BCUT2D eigenvalue weighted by molar-refractivity contribution is 6.31. The fourth-order valence-corrected chi connectivity index (χ4v) is 4.61. The van der Waals surface area contributed by atoms with Gasteiger partial charge in [0.05, 0.1) is 10.5 Å². The van der Waals surface area contributed by atoms with Crippen LogP contribution in [0.1, 0.15) is 31.2 Å². The summed E-state index contributed by atoms with van der Waals surface area (Å²) < 4.78 is 13.7. The lowest BCUT2D eigenvalue weighted by Crippen LogP contribution is -2.20. The highest BCUT2D eigenvalue weighted by atomic mass is 35.5. The van der Waals surface area contributed by atoms with Crippen LogP contribution in [0, 0.1) is 5.82 Å². The van der Waals surface area contributed by atoms with Crippen molar-refractivity contribution < 1.29 is 4.39 Å². The van der Waals surface area contributed by atoms with E-state index in [9.17, 15) is 4.39 Å². The molecule has 2 aromatic heterocycles. The third kappa shape index (κ3) is 5.34. The second-order valence-corrected chi connectivity index (χ2v) is 9.16. The van der Waals surface area contributed by atoms with Crippen LogP contribution >= 0.6 is 11.6 Å². The number of aryl methyl sites for hydroxylation is 1. The van der Waals surface area contributed by atoms with E-state index in [-0.39, 0.29) is 5.02 Å². The van der Waals surface area contributed by atoms with Crippen LogP contribution in [0.2, 0.25) is 5.02 Å². The Balaban J connectivity index is 1.43. The SMILES string of the molecule is Fc1ccc(Nc2nc(-c3cccnc3)nc3ccc(CCCCN4CCCC4)cc23)cc1Cl. The fraction of sp³-hybridized carbons (Fsp3) is 0.296. The van der Waals surface area contributed by atoms with E-state index in [1.807, 2.05) is 12.1 Å². The Morgan fingerprint density at radius 1 is 1.00 bits per heavy atom. The number of fused-ring (bicyclic) bond motifs is 1. The van der Waals surface area contributed by atoms with E-state index in [2.05, 4.69) is 33.4 Å². The van der Waals surface area contributed by atoms with E-state index < -0.39 is 5.82 Å². The van der Waals surface area contributed by atoms with Crippen LogP contribution in [0.5, 0.6) is 0 Å². The molecule has 174 valence electrons. The Labute approximate surface area is 204 Å². The molecule has 2 aromatic carbocycles. The molecule has 5 rings (SSSR count). The Kier molecular flexibility index (Phi) is 6.97. The second-order valence-electron chi connectivity index (χ2n) is 8.75. The summed E-state index contributed by atoms with van der Waals surface area (Å²) >= 11 is 6.01. The van der Waals surface area contributed by atoms with Gasteiger partial charge in [-0.1, -0.05) is 17.7 Å². The molecule has 7 heteroatoms. The average Bonchev–Trinajstić information content (AvgIpc) is 3.38. The Bertz CT molecular complexity index is 1280. The third-order valence-electron chi connectivity index (χ3n) is 6.25. The van der Waals surface area contributed by atoms with Gasteiger partial charge in [0.15, 0.2) is 5.82 Å². The van der Waals surface area contributed by atoms with Gasteiger partial charge in [0.2, 0.25) is 0 Å². The number of hydrogen-bond donors (Lipinski definition) is 1. The molecule has 3 heterocycles. The zero-order valence-electron chi connectivity index (χ0n) is 19.0. The standard InChI is InChI=1S/C27H27ClFN5/c28-23-17-21(9-10-24(23)29)31-27-22-16-19(6-1-2-13-34-14-3-4-15-34)8-11-25(22)32-26(33-27)20-7-5-12-30-18-20/h5,7-12,16-18H,1-4,6,13-15H2,(H,31,32,33). The molecule has 1 aliphatic rings. The van der Waals surface area contributed by atoms with Gasteiger partial charge in [-0.05, 0) is 99.8 Å². The summed E-state index contributed by atoms with van der Waals surface area (Å²) in [6, 6.07) is 14.7. The number of benzene rings is 2. The molecular weight excluding hydrogens is 449 g/mol. The fourth-order valence-electron chi connectivity index (χ4n) is 4.43. The van der Waals surface area contributed by atoms with Crippen molar-refractivity contribution in [2.75, 3.05) is 25.0 Å². The van der Waals surface area contributed by atoms with Crippen LogP contribution in [0.25, 0.3) is 22.3 Å². The van der Waals surface area contributed by atoms with E-state index in [1.165, 1.54) is 50.5 Å². The largest absolute Gasteiger partial charge is 0.340 e. The maximum Gasteiger partial charge on any atom is 0.163 e. The molecule has 0 amide bonds. The number of nitrogens with one attached hydrogen (secondary N) is 1. The van der Waals surface area contributed by atoms with Crippen molar-refractivity contribution in [3.05, 3.63) is 77.3 Å². The lowest BCUT2D eigenvalue weighted by atomic mass is 10.0. The zero-order valence-corrected chi connectivity index (χ0v) is 19.7. The number of rotatable bonds is 8. The van der Waals surface area contributed by atoms with Crippen LogP contribution in [-0.4, -0.2) is 39.5 Å². The molecule has 0 atom stereocenters. The minimum Gasteiger partial charge on any atom is -0.340 e. The first-order chi connectivity index (χ1) is 16.7. The minimum absolute atomic E-state index is 0.0644. The Morgan fingerprint density at radius 3 is 2.68 bits per heavy atom. The molecule has 1 fully saturated rings. The van der Waals surface area contributed by atoms with Crippen LogP contribution in [0.15, 0.2) is 60.9 Å². The first kappa shape index (κ1) is 22.7. The number of aromatic nitrogens is 3. The lowest BCUT2D eigenvalue weighted by molar-refractivity contribution is 0.330. The van der Waals surface area contributed by atoms with Gasteiger partial charge in [0.25, 0.3) is 0 Å². The van der Waals surface area contributed by atoms with Gasteiger partial charge >= 0.3 is 0 Å². The van der Waals surface area contributed by atoms with E-state index in [1.54, 1.807) is 24.5 Å². The van der Waals surface area contributed by atoms with E-state index in [4.69, 9.17) is 21.6 Å². The molecule has 0 aliphatic carbocycles. The molecule has 0 saturated carbocycles. The van der Waals surface area contributed by atoms with Crippen molar-refractivity contribution in [3.8, 4) is 11.4 Å². The number of pyridine rings is 1. The number of halogens is 2. The monoisotopic (exact) mass is 475 g/mol. The summed E-state index contributed by atoms with van der Waals surface area (Å²) in [5, 5.41) is 4.31. The second kappa shape index (κ2) is 10.5. The first-order valence-corrected chi connectivity index (χ1v) is 12.2. The number of anilines is 2. The lowest BCUT2D eigenvalue weighted by Gasteiger charge is -2.14. The molecule has 4 aromatic rings. The van der Waals surface area contributed by atoms with Crippen molar-refractivity contribution >= 4 is 34.0 Å². The summed E-state index contributed by atoms with van der Waals surface area (Å²) in [5.74, 6) is 0.784. The van der Waals surface area contributed by atoms with Gasteiger partial charge < -0.3 is 10.2 Å². The molecule has 34 heavy (non-hydrogen) atoms. The maximum atomic E-state index is 13.7. The summed E-state index contributed by atoms with van der Waals surface area (Å²) in [7, 11) is 0.